The molecule has 5 nitrogen and oxygen atoms in total. The Morgan fingerprint density at radius 3 is 2.05 bits per heavy atom. The molecule has 0 fully saturated rings. The molecular formula is C14H25ClN2O3. The van der Waals surface area contributed by atoms with Crippen molar-refractivity contribution >= 4 is 12.4 Å². The van der Waals surface area contributed by atoms with Gasteiger partial charge < -0.3 is 24.4 Å². The van der Waals surface area contributed by atoms with Crippen molar-refractivity contribution in [2.24, 2.45) is 0 Å². The molecule has 0 unspecified atom stereocenters. The van der Waals surface area contributed by atoms with E-state index >= 15 is 0 Å². The summed E-state index contributed by atoms with van der Waals surface area (Å²) in [4.78, 5) is 2.22. The molecule has 0 bridgehead atoms. The van der Waals surface area contributed by atoms with E-state index in [1.54, 1.807) is 21.3 Å². The first-order valence-corrected chi connectivity index (χ1v) is 6.28. The molecule has 0 saturated heterocycles. The summed E-state index contributed by atoms with van der Waals surface area (Å²) >= 11 is 0. The summed E-state index contributed by atoms with van der Waals surface area (Å²) in [6.07, 6.45) is 0. The Morgan fingerprint density at radius 2 is 1.55 bits per heavy atom. The van der Waals surface area contributed by atoms with Crippen molar-refractivity contribution in [3.63, 3.8) is 0 Å². The highest BCUT2D eigenvalue weighted by atomic mass is 35.5. The maximum atomic E-state index is 5.41. The van der Waals surface area contributed by atoms with Gasteiger partial charge in [0.2, 0.25) is 0 Å². The number of benzene rings is 1. The summed E-state index contributed by atoms with van der Waals surface area (Å²) < 4.78 is 16.0. The third-order valence-electron chi connectivity index (χ3n) is 2.97. The summed E-state index contributed by atoms with van der Waals surface area (Å²) in [6.45, 7) is 2.71. The van der Waals surface area contributed by atoms with Gasteiger partial charge in [0.25, 0.3) is 0 Å². The van der Waals surface area contributed by atoms with Crippen molar-refractivity contribution in [1.29, 1.82) is 0 Å². The van der Waals surface area contributed by atoms with Crippen LogP contribution in [-0.2, 0) is 6.54 Å². The van der Waals surface area contributed by atoms with Crippen LogP contribution in [0.4, 0.5) is 0 Å². The second-order valence-electron chi connectivity index (χ2n) is 4.36. The van der Waals surface area contributed by atoms with E-state index in [2.05, 4.69) is 17.3 Å². The standard InChI is InChI=1S/C14H24N2O3.ClH/c1-15-6-7-16(2)10-11-8-13(18-4)14(19-5)9-12(11)17-3;/h8-9,15H,6-7,10H2,1-5H3;1H. The van der Waals surface area contributed by atoms with Gasteiger partial charge in [-0.25, -0.2) is 0 Å². The predicted octanol–water partition coefficient (Wildman–Crippen LogP) is 1.79. The van der Waals surface area contributed by atoms with Gasteiger partial charge in [0.1, 0.15) is 5.75 Å². The van der Waals surface area contributed by atoms with Gasteiger partial charge in [-0.1, -0.05) is 0 Å². The number of hydrogen-bond donors (Lipinski definition) is 1. The normalized spacial score (nSPS) is 10.1. The average Bonchev–Trinajstić information content (AvgIpc) is 2.44. The highest BCUT2D eigenvalue weighted by Gasteiger charge is 2.13. The van der Waals surface area contributed by atoms with Gasteiger partial charge >= 0.3 is 0 Å². The Kier molecular flexibility index (Phi) is 9.12. The van der Waals surface area contributed by atoms with Crippen molar-refractivity contribution < 1.29 is 14.2 Å². The van der Waals surface area contributed by atoms with Gasteiger partial charge in [-0.15, -0.1) is 12.4 Å². The number of methoxy groups -OCH3 is 3. The van der Waals surface area contributed by atoms with Crippen molar-refractivity contribution in [2.45, 2.75) is 6.54 Å². The zero-order valence-electron chi connectivity index (χ0n) is 12.9. The van der Waals surface area contributed by atoms with Crippen LogP contribution in [0.3, 0.4) is 0 Å². The van der Waals surface area contributed by atoms with Crippen LogP contribution in [0.25, 0.3) is 0 Å². The maximum absolute atomic E-state index is 5.41. The fraction of sp³-hybridized carbons (Fsp3) is 0.571. The van der Waals surface area contributed by atoms with Crippen molar-refractivity contribution in [2.75, 3.05) is 48.5 Å². The molecule has 0 heterocycles. The monoisotopic (exact) mass is 304 g/mol. The van der Waals surface area contributed by atoms with Gasteiger partial charge in [-0.05, 0) is 20.2 Å². The minimum Gasteiger partial charge on any atom is -0.496 e. The Morgan fingerprint density at radius 1 is 1.00 bits per heavy atom. The van der Waals surface area contributed by atoms with Crippen molar-refractivity contribution in [3.05, 3.63) is 17.7 Å². The molecule has 0 amide bonds. The molecule has 0 aliphatic rings. The first-order chi connectivity index (χ1) is 9.15. The summed E-state index contributed by atoms with van der Waals surface area (Å²) in [5.74, 6) is 2.22. The molecule has 0 saturated carbocycles. The summed E-state index contributed by atoms with van der Waals surface area (Å²) in [5, 5.41) is 3.14. The topological polar surface area (TPSA) is 43.0 Å². The minimum absolute atomic E-state index is 0. The van der Waals surface area contributed by atoms with Crippen LogP contribution in [0.5, 0.6) is 17.2 Å². The zero-order chi connectivity index (χ0) is 14.3. The Hall–Kier alpha value is -1.17. The highest BCUT2D eigenvalue weighted by molar-refractivity contribution is 5.85. The number of nitrogens with one attached hydrogen (secondary N) is 1. The number of halogens is 1. The largest absolute Gasteiger partial charge is 0.496 e. The molecule has 116 valence electrons. The fourth-order valence-electron chi connectivity index (χ4n) is 1.89. The number of nitrogens with zero attached hydrogens (tertiary/aromatic N) is 1. The first kappa shape index (κ1) is 18.8. The fourth-order valence-corrected chi connectivity index (χ4v) is 1.89. The minimum atomic E-state index is 0. The van der Waals surface area contributed by atoms with E-state index in [0.717, 1.165) is 36.7 Å². The molecule has 0 atom stereocenters. The lowest BCUT2D eigenvalue weighted by Crippen LogP contribution is -2.27. The molecule has 0 aromatic heterocycles. The lowest BCUT2D eigenvalue weighted by molar-refractivity contribution is 0.313. The van der Waals surface area contributed by atoms with E-state index < -0.39 is 0 Å². The average molecular weight is 305 g/mol. The zero-order valence-corrected chi connectivity index (χ0v) is 13.7. The van der Waals surface area contributed by atoms with E-state index in [0.29, 0.717) is 5.75 Å². The SMILES string of the molecule is CNCCN(C)Cc1cc(OC)c(OC)cc1OC.Cl. The van der Waals surface area contributed by atoms with Crippen LogP contribution in [-0.4, -0.2) is 53.4 Å². The summed E-state index contributed by atoms with van der Waals surface area (Å²) in [5.41, 5.74) is 1.08. The molecule has 0 aliphatic heterocycles. The molecule has 1 aromatic rings. The van der Waals surface area contributed by atoms with Crippen LogP contribution in [0.2, 0.25) is 0 Å². The number of ether oxygens (including phenoxy) is 3. The van der Waals surface area contributed by atoms with Gasteiger partial charge in [0.05, 0.1) is 21.3 Å². The summed E-state index contributed by atoms with van der Waals surface area (Å²) in [7, 11) is 8.95. The Bertz CT molecular complexity index is 402. The van der Waals surface area contributed by atoms with Crippen LogP contribution in [0, 0.1) is 0 Å². The smallest absolute Gasteiger partial charge is 0.164 e. The third kappa shape index (κ3) is 5.07. The second kappa shape index (κ2) is 9.69. The third-order valence-corrected chi connectivity index (χ3v) is 2.97. The van der Waals surface area contributed by atoms with Crippen molar-refractivity contribution in [3.8, 4) is 17.2 Å². The van der Waals surface area contributed by atoms with Gasteiger partial charge in [-0.3, -0.25) is 0 Å². The lowest BCUT2D eigenvalue weighted by atomic mass is 10.1. The van der Waals surface area contributed by atoms with Gasteiger partial charge in [0.15, 0.2) is 11.5 Å². The van der Waals surface area contributed by atoms with Crippen molar-refractivity contribution in [1.82, 2.24) is 10.2 Å². The van der Waals surface area contributed by atoms with E-state index in [-0.39, 0.29) is 12.4 Å². The Balaban J connectivity index is 0.00000361. The van der Waals surface area contributed by atoms with E-state index in [1.807, 2.05) is 19.2 Å². The number of likely N-dealkylation sites (N-methyl/N-ethyl adjacent to an activating group) is 2. The second-order valence-corrected chi connectivity index (χ2v) is 4.36. The predicted molar refractivity (Wildman–Crippen MR) is 83.6 cm³/mol. The van der Waals surface area contributed by atoms with Gasteiger partial charge in [-0.2, -0.15) is 0 Å². The molecule has 1 rings (SSSR count). The molecule has 0 aliphatic carbocycles. The van der Waals surface area contributed by atoms with Crippen LogP contribution >= 0.6 is 12.4 Å². The molecule has 6 heteroatoms. The summed E-state index contributed by atoms with van der Waals surface area (Å²) in [6, 6.07) is 3.83. The molecular weight excluding hydrogens is 280 g/mol. The molecule has 20 heavy (non-hydrogen) atoms. The van der Waals surface area contributed by atoms with Gasteiger partial charge in [0, 0.05) is 31.3 Å². The quantitative estimate of drug-likeness (QED) is 0.793. The van der Waals surface area contributed by atoms with Crippen LogP contribution in [0.1, 0.15) is 5.56 Å². The first-order valence-electron chi connectivity index (χ1n) is 6.28. The Labute approximate surface area is 127 Å². The number of rotatable bonds is 8. The van der Waals surface area contributed by atoms with E-state index in [9.17, 15) is 0 Å². The van der Waals surface area contributed by atoms with E-state index in [1.165, 1.54) is 0 Å². The molecule has 1 aromatic carbocycles. The van der Waals surface area contributed by atoms with Crippen LogP contribution in [0.15, 0.2) is 12.1 Å². The molecule has 1 N–H and O–H groups in total. The van der Waals surface area contributed by atoms with E-state index in [4.69, 9.17) is 14.2 Å². The molecule has 0 spiro atoms. The van der Waals surface area contributed by atoms with Crippen LogP contribution < -0.4 is 19.5 Å². The number of hydrogen-bond acceptors (Lipinski definition) is 5. The highest BCUT2D eigenvalue weighted by Crippen LogP contribution is 2.34. The molecule has 0 radical (unpaired) electrons. The lowest BCUT2D eigenvalue weighted by Gasteiger charge is -2.19. The maximum Gasteiger partial charge on any atom is 0.164 e.